The predicted molar refractivity (Wildman–Crippen MR) is 124 cm³/mol. The number of methoxy groups -OCH3 is 1. The second-order valence-electron chi connectivity index (χ2n) is 9.26. The summed E-state index contributed by atoms with van der Waals surface area (Å²) in [6.45, 7) is 1.79. The monoisotopic (exact) mass is 419 g/mol. The van der Waals surface area contributed by atoms with Gasteiger partial charge in [-0.2, -0.15) is 0 Å². The molecule has 2 fully saturated rings. The van der Waals surface area contributed by atoms with Crippen LogP contribution in [0.15, 0.2) is 42.5 Å². The van der Waals surface area contributed by atoms with Crippen LogP contribution in [0.1, 0.15) is 60.8 Å². The van der Waals surface area contributed by atoms with Crippen molar-refractivity contribution in [1.29, 1.82) is 0 Å². The van der Waals surface area contributed by atoms with Crippen LogP contribution < -0.4 is 20.3 Å². The number of benzene rings is 2. The number of rotatable bonds is 6. The lowest BCUT2D eigenvalue weighted by Crippen LogP contribution is -2.45. The van der Waals surface area contributed by atoms with Gasteiger partial charge in [-0.3, -0.25) is 4.79 Å². The number of nitrogens with one attached hydrogen (secondary N) is 2. The standard InChI is InChI=1S/C26H33N3O2/c1-29-22-15-23(31-2)19(14-20(22)24(26(29)30)17-10-6-11-17)16-28-21-12-7-13-27-25(21)18-8-4-3-5-9-18/h3-5,8-9,14-15,17,21,24-25,27-28H,6-7,10-13,16H2,1-2H3. The molecule has 3 atom stereocenters. The van der Waals surface area contributed by atoms with Gasteiger partial charge < -0.3 is 20.3 Å². The third kappa shape index (κ3) is 3.74. The molecule has 31 heavy (non-hydrogen) atoms. The molecule has 1 aliphatic carbocycles. The average Bonchev–Trinajstić information content (AvgIpc) is 3.01. The Hall–Kier alpha value is -2.37. The summed E-state index contributed by atoms with van der Waals surface area (Å²) in [5.74, 6) is 1.62. The van der Waals surface area contributed by atoms with Gasteiger partial charge in [-0.25, -0.2) is 0 Å². The molecule has 1 saturated carbocycles. The molecule has 1 saturated heterocycles. The lowest BCUT2D eigenvalue weighted by molar-refractivity contribution is -0.120. The van der Waals surface area contributed by atoms with Crippen LogP contribution in [0.25, 0.3) is 0 Å². The van der Waals surface area contributed by atoms with Crippen LogP contribution >= 0.6 is 0 Å². The Bertz CT molecular complexity index is 941. The number of nitrogens with zero attached hydrogens (tertiary/aromatic N) is 1. The molecule has 3 aliphatic rings. The molecule has 0 spiro atoms. The van der Waals surface area contributed by atoms with Crippen molar-refractivity contribution in [1.82, 2.24) is 10.6 Å². The summed E-state index contributed by atoms with van der Waals surface area (Å²) < 4.78 is 5.75. The SMILES string of the molecule is COc1cc2c(cc1CNC1CCCNC1c1ccccc1)C(C1CCC1)C(=O)N2C. The maximum absolute atomic E-state index is 13.0. The van der Waals surface area contributed by atoms with Crippen LogP contribution in [0.4, 0.5) is 5.69 Å². The number of carbonyl (C=O) groups is 1. The molecule has 2 aromatic carbocycles. The summed E-state index contributed by atoms with van der Waals surface area (Å²) in [7, 11) is 3.62. The Balaban J connectivity index is 1.39. The van der Waals surface area contributed by atoms with Gasteiger partial charge in [0.05, 0.1) is 18.7 Å². The van der Waals surface area contributed by atoms with E-state index in [0.717, 1.165) is 49.4 Å². The first kappa shape index (κ1) is 20.5. The zero-order chi connectivity index (χ0) is 21.4. The van der Waals surface area contributed by atoms with Crippen molar-refractivity contribution in [3.63, 3.8) is 0 Å². The van der Waals surface area contributed by atoms with Crippen LogP contribution in [0.2, 0.25) is 0 Å². The van der Waals surface area contributed by atoms with Gasteiger partial charge in [0, 0.05) is 37.3 Å². The lowest BCUT2D eigenvalue weighted by Gasteiger charge is -2.34. The smallest absolute Gasteiger partial charge is 0.234 e. The molecule has 0 aromatic heterocycles. The number of likely N-dealkylation sites (N-methyl/N-ethyl adjacent to an activating group) is 1. The van der Waals surface area contributed by atoms with Gasteiger partial charge in [0.1, 0.15) is 5.75 Å². The maximum Gasteiger partial charge on any atom is 0.234 e. The molecule has 5 nitrogen and oxygen atoms in total. The number of piperidine rings is 1. The number of fused-ring (bicyclic) bond motifs is 1. The number of hydrogen-bond donors (Lipinski definition) is 2. The average molecular weight is 420 g/mol. The third-order valence-corrected chi connectivity index (χ3v) is 7.52. The molecular weight excluding hydrogens is 386 g/mol. The molecule has 0 radical (unpaired) electrons. The summed E-state index contributed by atoms with van der Waals surface area (Å²) >= 11 is 0. The number of hydrogen-bond acceptors (Lipinski definition) is 4. The van der Waals surface area contributed by atoms with Crippen molar-refractivity contribution in [3.05, 3.63) is 59.2 Å². The zero-order valence-corrected chi connectivity index (χ0v) is 18.6. The van der Waals surface area contributed by atoms with Gasteiger partial charge in [0.25, 0.3) is 0 Å². The van der Waals surface area contributed by atoms with E-state index in [1.165, 1.54) is 24.0 Å². The van der Waals surface area contributed by atoms with Crippen molar-refractivity contribution in [2.45, 2.75) is 56.7 Å². The highest BCUT2D eigenvalue weighted by Crippen LogP contribution is 2.49. The molecule has 5 rings (SSSR count). The number of carbonyl (C=O) groups excluding carboxylic acids is 1. The summed E-state index contributed by atoms with van der Waals surface area (Å²) in [6, 6.07) is 15.7. The van der Waals surface area contributed by atoms with E-state index < -0.39 is 0 Å². The van der Waals surface area contributed by atoms with E-state index in [0.29, 0.717) is 18.0 Å². The van der Waals surface area contributed by atoms with Crippen molar-refractivity contribution < 1.29 is 9.53 Å². The van der Waals surface area contributed by atoms with E-state index in [2.05, 4.69) is 53.1 Å². The molecule has 2 heterocycles. The quantitative estimate of drug-likeness (QED) is 0.739. The predicted octanol–water partition coefficient (Wildman–Crippen LogP) is 4.14. The van der Waals surface area contributed by atoms with Gasteiger partial charge in [-0.05, 0) is 55.3 Å². The first-order valence-electron chi connectivity index (χ1n) is 11.7. The van der Waals surface area contributed by atoms with Gasteiger partial charge >= 0.3 is 0 Å². The fourth-order valence-electron chi connectivity index (χ4n) is 5.55. The first-order valence-corrected chi connectivity index (χ1v) is 11.7. The van der Waals surface area contributed by atoms with Gasteiger partial charge in [-0.1, -0.05) is 36.8 Å². The van der Waals surface area contributed by atoms with E-state index in [1.54, 1.807) is 7.11 Å². The highest BCUT2D eigenvalue weighted by Gasteiger charge is 2.43. The fourth-order valence-corrected chi connectivity index (χ4v) is 5.55. The molecule has 2 aromatic rings. The second-order valence-corrected chi connectivity index (χ2v) is 9.26. The highest BCUT2D eigenvalue weighted by atomic mass is 16.5. The van der Waals surface area contributed by atoms with Gasteiger partial charge in [-0.15, -0.1) is 0 Å². The van der Waals surface area contributed by atoms with Crippen molar-refractivity contribution in [2.24, 2.45) is 5.92 Å². The number of amides is 1. The first-order chi connectivity index (χ1) is 15.2. The van der Waals surface area contributed by atoms with Crippen LogP contribution in [0, 0.1) is 5.92 Å². The highest BCUT2D eigenvalue weighted by molar-refractivity contribution is 6.05. The Labute approximate surface area is 185 Å². The van der Waals surface area contributed by atoms with Crippen LogP contribution in [-0.4, -0.2) is 32.7 Å². The largest absolute Gasteiger partial charge is 0.496 e. The van der Waals surface area contributed by atoms with E-state index in [-0.39, 0.29) is 11.8 Å². The second kappa shape index (κ2) is 8.64. The molecular formula is C26H33N3O2. The summed E-state index contributed by atoms with van der Waals surface area (Å²) in [4.78, 5) is 14.8. The Kier molecular flexibility index (Phi) is 5.72. The Morgan fingerprint density at radius 1 is 1.13 bits per heavy atom. The molecule has 3 unspecified atom stereocenters. The van der Waals surface area contributed by atoms with Crippen LogP contribution in [0.3, 0.4) is 0 Å². The summed E-state index contributed by atoms with van der Waals surface area (Å²) in [5.41, 5.74) is 4.68. The topological polar surface area (TPSA) is 53.6 Å². The minimum atomic E-state index is 0.0202. The minimum Gasteiger partial charge on any atom is -0.496 e. The van der Waals surface area contributed by atoms with Crippen molar-refractivity contribution in [3.8, 4) is 5.75 Å². The molecule has 2 N–H and O–H groups in total. The maximum atomic E-state index is 13.0. The lowest BCUT2D eigenvalue weighted by atomic mass is 9.73. The summed E-state index contributed by atoms with van der Waals surface area (Å²) in [5, 5.41) is 7.50. The fraction of sp³-hybridized carbons (Fsp3) is 0.500. The van der Waals surface area contributed by atoms with Crippen molar-refractivity contribution in [2.75, 3.05) is 25.6 Å². The van der Waals surface area contributed by atoms with Crippen molar-refractivity contribution >= 4 is 11.6 Å². The normalized spacial score (nSPS) is 25.9. The van der Waals surface area contributed by atoms with E-state index in [4.69, 9.17) is 4.74 Å². The zero-order valence-electron chi connectivity index (χ0n) is 18.6. The van der Waals surface area contributed by atoms with Gasteiger partial charge in [0.15, 0.2) is 0 Å². The summed E-state index contributed by atoms with van der Waals surface area (Å²) in [6.07, 6.45) is 5.89. The number of ether oxygens (including phenoxy) is 1. The molecule has 164 valence electrons. The van der Waals surface area contributed by atoms with Gasteiger partial charge in [0.2, 0.25) is 5.91 Å². The number of anilines is 1. The molecule has 1 amide bonds. The van der Waals surface area contributed by atoms with Crippen LogP contribution in [-0.2, 0) is 11.3 Å². The minimum absolute atomic E-state index is 0.0202. The molecule has 2 aliphatic heterocycles. The third-order valence-electron chi connectivity index (χ3n) is 7.52. The molecule has 5 heteroatoms. The van der Waals surface area contributed by atoms with E-state index in [9.17, 15) is 4.79 Å². The molecule has 0 bridgehead atoms. The Morgan fingerprint density at radius 3 is 2.65 bits per heavy atom. The Morgan fingerprint density at radius 2 is 1.94 bits per heavy atom. The van der Waals surface area contributed by atoms with E-state index >= 15 is 0 Å². The van der Waals surface area contributed by atoms with E-state index in [1.807, 2.05) is 11.9 Å². The van der Waals surface area contributed by atoms with Crippen LogP contribution in [0.5, 0.6) is 5.75 Å².